The molecule has 0 radical (unpaired) electrons. The van der Waals surface area contributed by atoms with Crippen LogP contribution in [0.5, 0.6) is 0 Å². The summed E-state index contributed by atoms with van der Waals surface area (Å²) in [4.78, 5) is 12.6. The van der Waals surface area contributed by atoms with E-state index in [1.807, 2.05) is 19.1 Å². The van der Waals surface area contributed by atoms with Crippen molar-refractivity contribution < 1.29 is 18.0 Å². The monoisotopic (exact) mass is 387 g/mol. The minimum atomic E-state index is -4.53. The van der Waals surface area contributed by atoms with Gasteiger partial charge in [0, 0.05) is 10.6 Å². The summed E-state index contributed by atoms with van der Waals surface area (Å²) >= 11 is 6.65. The average molecular weight is 388 g/mol. The molecule has 1 N–H and O–H groups in total. The van der Waals surface area contributed by atoms with E-state index in [1.165, 1.54) is 12.1 Å². The SMILES string of the molecule is CCc1ccc(NC(=O)[C@@H](C)Sc2ccc(Cl)c(C(F)(F)F)c2)cc1. The van der Waals surface area contributed by atoms with Gasteiger partial charge in [0.15, 0.2) is 0 Å². The van der Waals surface area contributed by atoms with Gasteiger partial charge >= 0.3 is 6.18 Å². The minimum absolute atomic E-state index is 0.280. The van der Waals surface area contributed by atoms with Gasteiger partial charge in [-0.2, -0.15) is 13.2 Å². The number of rotatable bonds is 5. The Morgan fingerprint density at radius 1 is 1.20 bits per heavy atom. The van der Waals surface area contributed by atoms with Crippen LogP contribution in [0, 0.1) is 0 Å². The molecule has 2 rings (SSSR count). The Hall–Kier alpha value is -1.66. The molecule has 0 aliphatic carbocycles. The molecule has 1 amide bonds. The van der Waals surface area contributed by atoms with Crippen molar-refractivity contribution in [3.05, 3.63) is 58.6 Å². The molecule has 2 aromatic carbocycles. The number of hydrogen-bond donors (Lipinski definition) is 1. The molecule has 0 fully saturated rings. The highest BCUT2D eigenvalue weighted by Gasteiger charge is 2.33. The van der Waals surface area contributed by atoms with Crippen LogP contribution in [0.4, 0.5) is 18.9 Å². The van der Waals surface area contributed by atoms with Gasteiger partial charge in [-0.05, 0) is 49.2 Å². The van der Waals surface area contributed by atoms with Crippen molar-refractivity contribution in [1.82, 2.24) is 0 Å². The van der Waals surface area contributed by atoms with Crippen molar-refractivity contribution in [2.45, 2.75) is 36.6 Å². The number of amides is 1. The lowest BCUT2D eigenvalue weighted by Crippen LogP contribution is -2.22. The average Bonchev–Trinajstić information content (AvgIpc) is 2.56. The Kier molecular flexibility index (Phi) is 6.41. The zero-order chi connectivity index (χ0) is 18.6. The van der Waals surface area contributed by atoms with Crippen molar-refractivity contribution in [3.63, 3.8) is 0 Å². The fraction of sp³-hybridized carbons (Fsp3) is 0.278. The topological polar surface area (TPSA) is 29.1 Å². The van der Waals surface area contributed by atoms with E-state index in [9.17, 15) is 18.0 Å². The fourth-order valence-corrected chi connectivity index (χ4v) is 3.25. The van der Waals surface area contributed by atoms with Crippen LogP contribution in [0.3, 0.4) is 0 Å². The summed E-state index contributed by atoms with van der Waals surface area (Å²) < 4.78 is 38.7. The lowest BCUT2D eigenvalue weighted by atomic mass is 10.1. The molecule has 0 aliphatic rings. The number of thioether (sulfide) groups is 1. The summed E-state index contributed by atoms with van der Waals surface area (Å²) in [6.45, 7) is 3.68. The third-order valence-corrected chi connectivity index (χ3v) is 4.98. The van der Waals surface area contributed by atoms with Crippen molar-refractivity contribution in [3.8, 4) is 0 Å². The van der Waals surface area contributed by atoms with Gasteiger partial charge in [-0.3, -0.25) is 4.79 Å². The molecule has 0 saturated carbocycles. The molecule has 0 bridgehead atoms. The molecule has 2 nitrogen and oxygen atoms in total. The van der Waals surface area contributed by atoms with Crippen LogP contribution >= 0.6 is 23.4 Å². The number of nitrogens with one attached hydrogen (secondary N) is 1. The van der Waals surface area contributed by atoms with Gasteiger partial charge in [0.1, 0.15) is 0 Å². The van der Waals surface area contributed by atoms with E-state index in [0.29, 0.717) is 10.6 Å². The van der Waals surface area contributed by atoms with Crippen LogP contribution in [0.15, 0.2) is 47.4 Å². The number of hydrogen-bond acceptors (Lipinski definition) is 2. The summed E-state index contributed by atoms with van der Waals surface area (Å²) in [5.74, 6) is -0.280. The molecule has 0 aliphatic heterocycles. The van der Waals surface area contributed by atoms with Gasteiger partial charge in [0.25, 0.3) is 0 Å². The summed E-state index contributed by atoms with van der Waals surface area (Å²) in [7, 11) is 0. The number of carbonyl (C=O) groups is 1. The molecule has 0 unspecified atom stereocenters. The Morgan fingerprint density at radius 2 is 1.84 bits per heavy atom. The highest BCUT2D eigenvalue weighted by atomic mass is 35.5. The van der Waals surface area contributed by atoms with Gasteiger partial charge in [0.05, 0.1) is 15.8 Å². The maximum absolute atomic E-state index is 12.9. The molecular weight excluding hydrogens is 371 g/mol. The maximum Gasteiger partial charge on any atom is 0.417 e. The number of aryl methyl sites for hydroxylation is 1. The first-order chi connectivity index (χ1) is 11.7. The molecule has 25 heavy (non-hydrogen) atoms. The predicted molar refractivity (Wildman–Crippen MR) is 96.2 cm³/mol. The lowest BCUT2D eigenvalue weighted by Gasteiger charge is -2.14. The van der Waals surface area contributed by atoms with E-state index in [2.05, 4.69) is 5.32 Å². The van der Waals surface area contributed by atoms with Crippen LogP contribution < -0.4 is 5.32 Å². The minimum Gasteiger partial charge on any atom is -0.325 e. The first-order valence-corrected chi connectivity index (χ1v) is 8.89. The first-order valence-electron chi connectivity index (χ1n) is 7.64. The second-order valence-electron chi connectivity index (χ2n) is 5.44. The van der Waals surface area contributed by atoms with Crippen LogP contribution in [0.2, 0.25) is 5.02 Å². The molecule has 0 heterocycles. The second-order valence-corrected chi connectivity index (χ2v) is 7.26. The van der Waals surface area contributed by atoms with E-state index < -0.39 is 17.0 Å². The van der Waals surface area contributed by atoms with E-state index in [-0.39, 0.29) is 10.9 Å². The van der Waals surface area contributed by atoms with E-state index in [1.54, 1.807) is 19.1 Å². The predicted octanol–water partition coefficient (Wildman–Crippen LogP) is 6.04. The Bertz CT molecular complexity index is 747. The summed E-state index contributed by atoms with van der Waals surface area (Å²) in [6, 6.07) is 11.1. The smallest absolute Gasteiger partial charge is 0.325 e. The van der Waals surface area contributed by atoms with Gasteiger partial charge in [-0.1, -0.05) is 30.7 Å². The molecule has 0 aromatic heterocycles. The van der Waals surface area contributed by atoms with Gasteiger partial charge in [0.2, 0.25) is 5.91 Å². The van der Waals surface area contributed by atoms with Crippen LogP contribution in [-0.4, -0.2) is 11.2 Å². The summed E-state index contributed by atoms with van der Waals surface area (Å²) in [6.07, 6.45) is -3.63. The highest BCUT2D eigenvalue weighted by Crippen LogP contribution is 2.37. The molecule has 0 saturated heterocycles. The quantitative estimate of drug-likeness (QED) is 0.633. The molecule has 134 valence electrons. The van der Waals surface area contributed by atoms with Crippen molar-refractivity contribution in [2.24, 2.45) is 0 Å². The molecule has 0 spiro atoms. The summed E-state index contributed by atoms with van der Waals surface area (Å²) in [5, 5.41) is 1.84. The van der Waals surface area contributed by atoms with Crippen LogP contribution in [0.1, 0.15) is 25.0 Å². The maximum atomic E-state index is 12.9. The van der Waals surface area contributed by atoms with Crippen LogP contribution in [-0.2, 0) is 17.4 Å². The molecule has 2 aromatic rings. The Morgan fingerprint density at radius 3 is 2.40 bits per heavy atom. The molecule has 1 atom stereocenters. The lowest BCUT2D eigenvalue weighted by molar-refractivity contribution is -0.137. The Labute approximate surface area is 153 Å². The van der Waals surface area contributed by atoms with E-state index >= 15 is 0 Å². The van der Waals surface area contributed by atoms with Gasteiger partial charge in [-0.25, -0.2) is 0 Å². The van der Waals surface area contributed by atoms with E-state index in [4.69, 9.17) is 11.6 Å². The molecule has 7 heteroatoms. The zero-order valence-corrected chi connectivity index (χ0v) is 15.2. The van der Waals surface area contributed by atoms with Crippen molar-refractivity contribution >= 4 is 35.0 Å². The number of alkyl halides is 3. The Balaban J connectivity index is 2.05. The van der Waals surface area contributed by atoms with Crippen LogP contribution in [0.25, 0.3) is 0 Å². The third kappa shape index (κ3) is 5.41. The van der Waals surface area contributed by atoms with Crippen molar-refractivity contribution in [2.75, 3.05) is 5.32 Å². The standard InChI is InChI=1S/C18H17ClF3NOS/c1-3-12-4-6-13(7-5-12)23-17(24)11(2)25-14-8-9-16(19)15(10-14)18(20,21)22/h4-11H,3H2,1-2H3,(H,23,24)/t11-/m1/s1. The highest BCUT2D eigenvalue weighted by molar-refractivity contribution is 8.00. The van der Waals surface area contributed by atoms with E-state index in [0.717, 1.165) is 29.8 Å². The zero-order valence-electron chi connectivity index (χ0n) is 13.7. The normalized spacial score (nSPS) is 12.7. The fourth-order valence-electron chi connectivity index (χ4n) is 2.12. The number of benzene rings is 2. The van der Waals surface area contributed by atoms with Gasteiger partial charge in [-0.15, -0.1) is 11.8 Å². The number of anilines is 1. The number of carbonyl (C=O) groups excluding carboxylic acids is 1. The largest absolute Gasteiger partial charge is 0.417 e. The number of halogens is 4. The summed E-state index contributed by atoms with van der Waals surface area (Å²) in [5.41, 5.74) is 0.907. The molecular formula is C18H17ClF3NOS. The van der Waals surface area contributed by atoms with Crippen molar-refractivity contribution in [1.29, 1.82) is 0 Å². The van der Waals surface area contributed by atoms with Gasteiger partial charge < -0.3 is 5.32 Å². The third-order valence-electron chi connectivity index (χ3n) is 3.56. The second kappa shape index (κ2) is 8.15. The first kappa shape index (κ1) is 19.7.